The second kappa shape index (κ2) is 5.98. The van der Waals surface area contributed by atoms with Crippen molar-refractivity contribution in [2.75, 3.05) is 11.8 Å². The van der Waals surface area contributed by atoms with E-state index >= 15 is 0 Å². The van der Waals surface area contributed by atoms with Crippen LogP contribution in [-0.2, 0) is 10.0 Å². The summed E-state index contributed by atoms with van der Waals surface area (Å²) in [7, 11) is -2.67. The third kappa shape index (κ3) is 3.51. The van der Waals surface area contributed by atoms with Crippen LogP contribution in [0.2, 0.25) is 0 Å². The van der Waals surface area contributed by atoms with Gasteiger partial charge in [0.15, 0.2) is 11.6 Å². The van der Waals surface area contributed by atoms with Crippen LogP contribution in [0.1, 0.15) is 0 Å². The summed E-state index contributed by atoms with van der Waals surface area (Å²) < 4.78 is 58.3. The Morgan fingerprint density at radius 3 is 2.43 bits per heavy atom. The molecule has 2 aromatic carbocycles. The van der Waals surface area contributed by atoms with E-state index in [0.717, 1.165) is 18.2 Å². The van der Waals surface area contributed by atoms with E-state index in [1.165, 1.54) is 19.2 Å². The van der Waals surface area contributed by atoms with E-state index in [9.17, 15) is 17.2 Å². The van der Waals surface area contributed by atoms with Crippen molar-refractivity contribution in [2.24, 2.45) is 0 Å². The highest BCUT2D eigenvalue weighted by Gasteiger charge is 2.20. The van der Waals surface area contributed by atoms with Gasteiger partial charge in [0, 0.05) is 10.5 Å². The summed E-state index contributed by atoms with van der Waals surface area (Å²) in [5, 5.41) is 0. The molecule has 0 aromatic heterocycles. The van der Waals surface area contributed by atoms with Gasteiger partial charge in [0.1, 0.15) is 10.6 Å². The SMILES string of the molecule is COc1ccc(Br)cc1S(=O)(=O)Nc1ccc(F)c(F)c1. The smallest absolute Gasteiger partial charge is 0.265 e. The van der Waals surface area contributed by atoms with Gasteiger partial charge in [0.25, 0.3) is 10.0 Å². The number of hydrogen-bond donors (Lipinski definition) is 1. The molecule has 8 heteroatoms. The summed E-state index contributed by atoms with van der Waals surface area (Å²) in [6, 6.07) is 7.17. The topological polar surface area (TPSA) is 55.4 Å². The Hall–Kier alpha value is -1.67. The summed E-state index contributed by atoms with van der Waals surface area (Å²) >= 11 is 3.17. The van der Waals surface area contributed by atoms with Gasteiger partial charge in [0.2, 0.25) is 0 Å². The van der Waals surface area contributed by atoms with E-state index in [4.69, 9.17) is 4.74 Å². The molecule has 0 saturated heterocycles. The van der Waals surface area contributed by atoms with E-state index in [1.54, 1.807) is 6.07 Å². The molecule has 0 aliphatic carbocycles. The molecule has 0 aliphatic rings. The van der Waals surface area contributed by atoms with Gasteiger partial charge < -0.3 is 4.74 Å². The van der Waals surface area contributed by atoms with Crippen LogP contribution in [0.25, 0.3) is 0 Å². The molecule has 21 heavy (non-hydrogen) atoms. The molecule has 2 rings (SSSR count). The van der Waals surface area contributed by atoms with Crippen molar-refractivity contribution in [2.45, 2.75) is 4.90 Å². The number of methoxy groups -OCH3 is 1. The standard InChI is InChI=1S/C13H10BrF2NO3S/c1-20-12-5-2-8(14)6-13(12)21(18,19)17-9-3-4-10(15)11(16)7-9/h2-7,17H,1H3. The third-order valence-corrected chi connectivity index (χ3v) is 4.48. The number of sulfonamides is 1. The fourth-order valence-electron chi connectivity index (χ4n) is 1.63. The molecule has 0 bridgehead atoms. The third-order valence-electron chi connectivity index (χ3n) is 2.59. The van der Waals surface area contributed by atoms with E-state index in [-0.39, 0.29) is 16.3 Å². The first-order valence-electron chi connectivity index (χ1n) is 5.65. The lowest BCUT2D eigenvalue weighted by molar-refractivity contribution is 0.403. The maximum absolute atomic E-state index is 13.1. The van der Waals surface area contributed by atoms with Gasteiger partial charge in [-0.3, -0.25) is 4.72 Å². The molecule has 0 amide bonds. The molecule has 2 aromatic rings. The largest absolute Gasteiger partial charge is 0.495 e. The lowest BCUT2D eigenvalue weighted by Crippen LogP contribution is -2.14. The summed E-state index contributed by atoms with van der Waals surface area (Å²) in [5.41, 5.74) is -0.0871. The zero-order valence-corrected chi connectivity index (χ0v) is 13.1. The number of anilines is 1. The van der Waals surface area contributed by atoms with E-state index in [2.05, 4.69) is 20.7 Å². The lowest BCUT2D eigenvalue weighted by Gasteiger charge is -2.12. The molecular weight excluding hydrogens is 368 g/mol. The van der Waals surface area contributed by atoms with E-state index in [0.29, 0.717) is 4.47 Å². The minimum atomic E-state index is -4.00. The Kier molecular flexibility index (Phi) is 4.48. The Bertz CT molecular complexity index is 781. The normalized spacial score (nSPS) is 11.2. The number of benzene rings is 2. The molecule has 0 radical (unpaired) electrons. The second-order valence-electron chi connectivity index (χ2n) is 4.03. The molecular formula is C13H10BrF2NO3S. The van der Waals surface area contributed by atoms with Gasteiger partial charge in [-0.25, -0.2) is 17.2 Å². The first-order valence-corrected chi connectivity index (χ1v) is 7.92. The summed E-state index contributed by atoms with van der Waals surface area (Å²) in [6.45, 7) is 0. The van der Waals surface area contributed by atoms with Crippen LogP contribution in [0.3, 0.4) is 0 Å². The molecule has 0 spiro atoms. The highest BCUT2D eigenvalue weighted by Crippen LogP contribution is 2.29. The Balaban J connectivity index is 2.42. The highest BCUT2D eigenvalue weighted by molar-refractivity contribution is 9.10. The molecule has 0 unspecified atom stereocenters. The number of ether oxygens (including phenoxy) is 1. The van der Waals surface area contributed by atoms with E-state index in [1.807, 2.05) is 0 Å². The van der Waals surface area contributed by atoms with Crippen LogP contribution >= 0.6 is 15.9 Å². The van der Waals surface area contributed by atoms with Gasteiger partial charge in [-0.05, 0) is 30.3 Å². The molecule has 112 valence electrons. The maximum atomic E-state index is 13.1. The molecule has 0 fully saturated rings. The average Bonchev–Trinajstić information content (AvgIpc) is 2.42. The van der Waals surface area contributed by atoms with Crippen LogP contribution < -0.4 is 9.46 Å². The highest BCUT2D eigenvalue weighted by atomic mass is 79.9. The average molecular weight is 378 g/mol. The summed E-state index contributed by atoms with van der Waals surface area (Å²) in [6.07, 6.45) is 0. The fourth-order valence-corrected chi connectivity index (χ4v) is 3.39. The van der Waals surface area contributed by atoms with Gasteiger partial charge in [-0.2, -0.15) is 0 Å². The van der Waals surface area contributed by atoms with Crippen LogP contribution in [0, 0.1) is 11.6 Å². The summed E-state index contributed by atoms with van der Waals surface area (Å²) in [5.74, 6) is -2.07. The van der Waals surface area contributed by atoms with Crippen LogP contribution in [-0.4, -0.2) is 15.5 Å². The van der Waals surface area contributed by atoms with Gasteiger partial charge in [-0.15, -0.1) is 0 Å². The minimum Gasteiger partial charge on any atom is -0.495 e. The molecule has 0 atom stereocenters. The van der Waals surface area contributed by atoms with E-state index < -0.39 is 21.7 Å². The Morgan fingerprint density at radius 2 is 1.81 bits per heavy atom. The van der Waals surface area contributed by atoms with Crippen molar-refractivity contribution in [3.63, 3.8) is 0 Å². The van der Waals surface area contributed by atoms with Crippen LogP contribution in [0.5, 0.6) is 5.75 Å². The molecule has 0 heterocycles. The second-order valence-corrected chi connectivity index (χ2v) is 6.60. The van der Waals surface area contributed by atoms with Gasteiger partial charge in [-0.1, -0.05) is 15.9 Å². The number of nitrogens with one attached hydrogen (secondary N) is 1. The van der Waals surface area contributed by atoms with Crippen molar-refractivity contribution in [1.29, 1.82) is 0 Å². The minimum absolute atomic E-state index is 0.0871. The number of rotatable bonds is 4. The first kappa shape index (κ1) is 15.7. The Morgan fingerprint density at radius 1 is 1.10 bits per heavy atom. The Labute approximate surface area is 128 Å². The van der Waals surface area contributed by atoms with Crippen molar-refractivity contribution >= 4 is 31.6 Å². The van der Waals surface area contributed by atoms with Crippen LogP contribution in [0.15, 0.2) is 45.8 Å². The zero-order chi connectivity index (χ0) is 15.6. The predicted molar refractivity (Wildman–Crippen MR) is 77.9 cm³/mol. The molecule has 4 nitrogen and oxygen atoms in total. The molecule has 0 aliphatic heterocycles. The summed E-state index contributed by atoms with van der Waals surface area (Å²) in [4.78, 5) is -0.121. The van der Waals surface area contributed by atoms with Crippen molar-refractivity contribution in [3.05, 3.63) is 52.5 Å². The predicted octanol–water partition coefficient (Wildman–Crippen LogP) is 3.54. The van der Waals surface area contributed by atoms with Crippen molar-refractivity contribution < 1.29 is 21.9 Å². The first-order chi connectivity index (χ1) is 9.83. The lowest BCUT2D eigenvalue weighted by atomic mass is 10.3. The zero-order valence-electron chi connectivity index (χ0n) is 10.7. The van der Waals surface area contributed by atoms with Crippen molar-refractivity contribution in [1.82, 2.24) is 0 Å². The molecule has 0 saturated carbocycles. The number of halogens is 3. The fraction of sp³-hybridized carbons (Fsp3) is 0.0769. The van der Waals surface area contributed by atoms with Crippen LogP contribution in [0.4, 0.5) is 14.5 Å². The van der Waals surface area contributed by atoms with Gasteiger partial charge in [0.05, 0.1) is 12.8 Å². The number of hydrogen-bond acceptors (Lipinski definition) is 3. The monoisotopic (exact) mass is 377 g/mol. The van der Waals surface area contributed by atoms with Gasteiger partial charge >= 0.3 is 0 Å². The maximum Gasteiger partial charge on any atom is 0.265 e. The molecule has 1 N–H and O–H groups in total. The quantitative estimate of drug-likeness (QED) is 0.886. The van der Waals surface area contributed by atoms with Crippen molar-refractivity contribution in [3.8, 4) is 5.75 Å².